The van der Waals surface area contributed by atoms with Crippen LogP contribution in [-0.4, -0.2) is 20.9 Å². The molecule has 1 aliphatic rings. The van der Waals surface area contributed by atoms with Crippen LogP contribution in [0.4, 0.5) is 11.4 Å². The number of aryl methyl sites for hydroxylation is 2. The number of carbonyl (C=O) groups is 1. The smallest absolute Gasteiger partial charge is 0.261 e. The van der Waals surface area contributed by atoms with Crippen LogP contribution in [0.25, 0.3) is 0 Å². The first-order valence-electron chi connectivity index (χ1n) is 9.55. The molecule has 0 spiro atoms. The molecule has 0 saturated carbocycles. The monoisotopic (exact) mass is 440 g/mol. The zero-order valence-electron chi connectivity index (χ0n) is 16.6. The molecular formula is C23H21ClN2O3S. The molecule has 154 valence electrons. The molecule has 0 fully saturated rings. The van der Waals surface area contributed by atoms with Crippen molar-refractivity contribution in [3.05, 3.63) is 87.9 Å². The molecule has 0 unspecified atom stereocenters. The van der Waals surface area contributed by atoms with Crippen LogP contribution in [0.15, 0.2) is 65.6 Å². The average molecular weight is 441 g/mol. The number of nitrogens with zero attached hydrogens (tertiary/aromatic N) is 1. The van der Waals surface area contributed by atoms with Crippen LogP contribution in [0.5, 0.6) is 0 Å². The molecule has 1 aliphatic heterocycles. The van der Waals surface area contributed by atoms with Crippen molar-refractivity contribution in [1.82, 2.24) is 0 Å². The van der Waals surface area contributed by atoms with Gasteiger partial charge in [0.15, 0.2) is 0 Å². The lowest BCUT2D eigenvalue weighted by Gasteiger charge is -2.18. The minimum absolute atomic E-state index is 0.0840. The summed E-state index contributed by atoms with van der Waals surface area (Å²) in [5, 5.41) is 0.548. The van der Waals surface area contributed by atoms with Crippen LogP contribution in [0, 0.1) is 13.8 Å². The fourth-order valence-electron chi connectivity index (χ4n) is 3.55. The van der Waals surface area contributed by atoms with E-state index in [1.165, 1.54) is 6.07 Å². The summed E-state index contributed by atoms with van der Waals surface area (Å²) in [4.78, 5) is 14.8. The second-order valence-corrected chi connectivity index (χ2v) is 9.55. The van der Waals surface area contributed by atoms with E-state index in [2.05, 4.69) is 4.72 Å². The zero-order chi connectivity index (χ0) is 21.5. The highest BCUT2D eigenvalue weighted by Gasteiger charge is 2.27. The number of rotatable bonds is 4. The van der Waals surface area contributed by atoms with Gasteiger partial charge in [-0.15, -0.1) is 0 Å². The van der Waals surface area contributed by atoms with Crippen molar-refractivity contribution in [2.24, 2.45) is 0 Å². The van der Waals surface area contributed by atoms with Crippen LogP contribution >= 0.6 is 11.6 Å². The zero-order valence-corrected chi connectivity index (χ0v) is 18.2. The molecular weight excluding hydrogens is 420 g/mol. The number of halogens is 1. The van der Waals surface area contributed by atoms with Crippen LogP contribution < -0.4 is 9.62 Å². The fourth-order valence-corrected chi connectivity index (χ4v) is 4.96. The van der Waals surface area contributed by atoms with E-state index in [9.17, 15) is 13.2 Å². The number of benzene rings is 3. The molecule has 30 heavy (non-hydrogen) atoms. The van der Waals surface area contributed by atoms with Crippen molar-refractivity contribution in [3.63, 3.8) is 0 Å². The molecule has 3 aromatic carbocycles. The second-order valence-electron chi connectivity index (χ2n) is 7.43. The Kier molecular flexibility index (Phi) is 5.30. The molecule has 0 saturated heterocycles. The van der Waals surface area contributed by atoms with Gasteiger partial charge in [0.1, 0.15) is 0 Å². The highest BCUT2D eigenvalue weighted by molar-refractivity contribution is 7.92. The van der Waals surface area contributed by atoms with E-state index >= 15 is 0 Å². The molecule has 1 amide bonds. The molecule has 0 aromatic heterocycles. The number of amides is 1. The minimum atomic E-state index is -3.76. The molecule has 7 heteroatoms. The van der Waals surface area contributed by atoms with E-state index in [4.69, 9.17) is 11.6 Å². The van der Waals surface area contributed by atoms with Gasteiger partial charge in [0.25, 0.3) is 15.9 Å². The fraction of sp³-hybridized carbons (Fsp3) is 0.174. The van der Waals surface area contributed by atoms with Gasteiger partial charge in [-0.1, -0.05) is 29.3 Å². The number of fused-ring (bicyclic) bond motifs is 1. The van der Waals surface area contributed by atoms with Crippen LogP contribution in [-0.2, 0) is 16.4 Å². The van der Waals surface area contributed by atoms with E-state index < -0.39 is 10.0 Å². The minimum Gasteiger partial charge on any atom is -0.308 e. The van der Waals surface area contributed by atoms with Gasteiger partial charge in [0, 0.05) is 22.8 Å². The quantitative estimate of drug-likeness (QED) is 0.623. The van der Waals surface area contributed by atoms with Gasteiger partial charge >= 0.3 is 0 Å². The summed E-state index contributed by atoms with van der Waals surface area (Å²) in [7, 11) is -3.76. The van der Waals surface area contributed by atoms with Gasteiger partial charge < -0.3 is 4.90 Å². The summed E-state index contributed by atoms with van der Waals surface area (Å²) < 4.78 is 28.4. The van der Waals surface area contributed by atoms with E-state index in [-0.39, 0.29) is 10.8 Å². The summed E-state index contributed by atoms with van der Waals surface area (Å²) >= 11 is 5.95. The van der Waals surface area contributed by atoms with E-state index in [1.54, 1.807) is 42.2 Å². The Labute approximate surface area is 181 Å². The summed E-state index contributed by atoms with van der Waals surface area (Å²) in [6, 6.07) is 17.3. The maximum atomic E-state index is 12.9. The number of hydrogen-bond donors (Lipinski definition) is 1. The summed E-state index contributed by atoms with van der Waals surface area (Å²) in [6.45, 7) is 4.29. The van der Waals surface area contributed by atoms with Gasteiger partial charge in [0.2, 0.25) is 0 Å². The molecule has 0 bridgehead atoms. The normalized spacial score (nSPS) is 13.2. The lowest BCUT2D eigenvalue weighted by Crippen LogP contribution is -2.28. The number of sulfonamides is 1. The van der Waals surface area contributed by atoms with Crippen molar-refractivity contribution in [1.29, 1.82) is 0 Å². The van der Waals surface area contributed by atoms with Crippen molar-refractivity contribution in [2.75, 3.05) is 16.2 Å². The first kappa shape index (κ1) is 20.4. The SMILES string of the molecule is Cc1ccc(C(=O)N2CCc3cc(S(=O)(=O)Nc4ccc(Cl)cc4C)ccc32)cc1. The predicted molar refractivity (Wildman–Crippen MR) is 120 cm³/mol. The Morgan fingerprint density at radius 1 is 1.00 bits per heavy atom. The Hall–Kier alpha value is -2.83. The molecule has 0 radical (unpaired) electrons. The number of carbonyl (C=O) groups excluding carboxylic acids is 1. The summed E-state index contributed by atoms with van der Waals surface area (Å²) in [5.41, 5.74) is 4.52. The Morgan fingerprint density at radius 2 is 1.73 bits per heavy atom. The molecule has 3 aromatic rings. The van der Waals surface area contributed by atoms with Gasteiger partial charge in [-0.3, -0.25) is 9.52 Å². The summed E-state index contributed by atoms with van der Waals surface area (Å²) in [6.07, 6.45) is 0.607. The standard InChI is InChI=1S/C23H21ClN2O3S/c1-15-3-5-17(6-4-15)23(27)26-12-11-18-14-20(8-10-22(18)26)30(28,29)25-21-9-7-19(24)13-16(21)2/h3-10,13-14,25H,11-12H2,1-2H3. The number of anilines is 2. The second kappa shape index (κ2) is 7.78. The Balaban J connectivity index is 1.60. The predicted octanol–water partition coefficient (Wildman–Crippen LogP) is 4.96. The third-order valence-electron chi connectivity index (χ3n) is 5.23. The van der Waals surface area contributed by atoms with Crippen LogP contribution in [0.3, 0.4) is 0 Å². The van der Waals surface area contributed by atoms with Gasteiger partial charge in [-0.2, -0.15) is 0 Å². The van der Waals surface area contributed by atoms with Crippen molar-refractivity contribution >= 4 is 38.9 Å². The molecule has 0 atom stereocenters. The largest absolute Gasteiger partial charge is 0.308 e. The highest BCUT2D eigenvalue weighted by atomic mass is 35.5. The van der Waals surface area contributed by atoms with Gasteiger partial charge in [0.05, 0.1) is 10.6 Å². The Bertz CT molecular complexity index is 1240. The number of nitrogens with one attached hydrogen (secondary N) is 1. The van der Waals surface area contributed by atoms with E-state index in [0.29, 0.717) is 29.2 Å². The molecule has 5 nitrogen and oxygen atoms in total. The Morgan fingerprint density at radius 3 is 2.43 bits per heavy atom. The first-order chi connectivity index (χ1) is 14.2. The molecule has 4 rings (SSSR count). The van der Waals surface area contributed by atoms with Crippen molar-refractivity contribution in [3.8, 4) is 0 Å². The number of hydrogen-bond acceptors (Lipinski definition) is 3. The topological polar surface area (TPSA) is 66.5 Å². The maximum absolute atomic E-state index is 12.9. The lowest BCUT2D eigenvalue weighted by atomic mass is 10.1. The first-order valence-corrected chi connectivity index (χ1v) is 11.4. The highest BCUT2D eigenvalue weighted by Crippen LogP contribution is 2.32. The third kappa shape index (κ3) is 3.93. The van der Waals surface area contributed by atoms with E-state index in [0.717, 1.165) is 22.4 Å². The van der Waals surface area contributed by atoms with Crippen LogP contribution in [0.2, 0.25) is 5.02 Å². The maximum Gasteiger partial charge on any atom is 0.261 e. The third-order valence-corrected chi connectivity index (χ3v) is 6.83. The van der Waals surface area contributed by atoms with Crippen molar-refractivity contribution < 1.29 is 13.2 Å². The van der Waals surface area contributed by atoms with Gasteiger partial charge in [-0.05, 0) is 79.9 Å². The van der Waals surface area contributed by atoms with Crippen LogP contribution in [0.1, 0.15) is 27.0 Å². The average Bonchev–Trinajstić information content (AvgIpc) is 3.13. The van der Waals surface area contributed by atoms with E-state index in [1.807, 2.05) is 31.2 Å². The van der Waals surface area contributed by atoms with Gasteiger partial charge in [-0.25, -0.2) is 8.42 Å². The lowest BCUT2D eigenvalue weighted by molar-refractivity contribution is 0.0989. The molecule has 1 heterocycles. The summed E-state index contributed by atoms with van der Waals surface area (Å²) in [5.74, 6) is -0.0840. The molecule has 0 aliphatic carbocycles. The van der Waals surface area contributed by atoms with Crippen molar-refractivity contribution in [2.45, 2.75) is 25.2 Å². The molecule has 1 N–H and O–H groups in total.